The lowest BCUT2D eigenvalue weighted by Gasteiger charge is -2.03. The summed E-state index contributed by atoms with van der Waals surface area (Å²) in [5.74, 6) is 0.866. The van der Waals surface area contributed by atoms with Crippen LogP contribution in [0, 0.1) is 6.92 Å². The van der Waals surface area contributed by atoms with Gasteiger partial charge in [-0.3, -0.25) is 0 Å². The second kappa shape index (κ2) is 4.31. The molecule has 3 nitrogen and oxygen atoms in total. The number of nitrogens with zero attached hydrogens (tertiary/aromatic N) is 1. The number of thiazole rings is 1. The summed E-state index contributed by atoms with van der Waals surface area (Å²) in [5.41, 5.74) is 1.01. The van der Waals surface area contributed by atoms with Gasteiger partial charge >= 0.3 is 0 Å². The highest BCUT2D eigenvalue weighted by atomic mass is 32.1. The Morgan fingerprint density at radius 3 is 3.00 bits per heavy atom. The van der Waals surface area contributed by atoms with Gasteiger partial charge in [0.2, 0.25) is 0 Å². The summed E-state index contributed by atoms with van der Waals surface area (Å²) in [5, 5.41) is 12.1. The molecule has 0 atom stereocenters. The third-order valence-corrected chi connectivity index (χ3v) is 2.79. The number of phenols is 1. The summed E-state index contributed by atoms with van der Waals surface area (Å²) in [4.78, 5) is 4.28. The fourth-order valence-corrected chi connectivity index (χ4v) is 1.87. The minimum absolute atomic E-state index is 0.211. The van der Waals surface area contributed by atoms with Crippen molar-refractivity contribution in [1.29, 1.82) is 0 Å². The molecule has 0 radical (unpaired) electrons. The summed E-state index contributed by atoms with van der Waals surface area (Å²) < 4.78 is 5.47. The normalized spacial score (nSPS) is 10.2. The Hall–Kier alpha value is -1.55. The molecular formula is C11H11NO2S. The van der Waals surface area contributed by atoms with Crippen molar-refractivity contribution in [1.82, 2.24) is 4.98 Å². The quantitative estimate of drug-likeness (QED) is 0.866. The first-order valence-electron chi connectivity index (χ1n) is 4.57. The number of hydrogen-bond donors (Lipinski definition) is 1. The molecule has 0 aliphatic heterocycles. The van der Waals surface area contributed by atoms with Gasteiger partial charge < -0.3 is 9.84 Å². The molecule has 0 aliphatic rings. The van der Waals surface area contributed by atoms with E-state index in [2.05, 4.69) is 4.98 Å². The van der Waals surface area contributed by atoms with Gasteiger partial charge in [0, 0.05) is 17.1 Å². The molecule has 4 heteroatoms. The van der Waals surface area contributed by atoms with E-state index in [0.29, 0.717) is 12.4 Å². The van der Waals surface area contributed by atoms with Crippen LogP contribution in [-0.4, -0.2) is 10.1 Å². The SMILES string of the molecule is Cc1csc(COc2cccc(O)c2)n1. The summed E-state index contributed by atoms with van der Waals surface area (Å²) >= 11 is 1.57. The van der Waals surface area contributed by atoms with Gasteiger partial charge in [-0.25, -0.2) is 4.98 Å². The van der Waals surface area contributed by atoms with E-state index in [9.17, 15) is 5.11 Å². The predicted octanol–water partition coefficient (Wildman–Crippen LogP) is 2.74. The molecule has 1 heterocycles. The lowest BCUT2D eigenvalue weighted by Crippen LogP contribution is -1.94. The smallest absolute Gasteiger partial charge is 0.140 e. The average Bonchev–Trinajstić information content (AvgIpc) is 2.62. The van der Waals surface area contributed by atoms with Gasteiger partial charge in [-0.05, 0) is 19.1 Å². The number of aromatic nitrogens is 1. The summed E-state index contributed by atoms with van der Waals surface area (Å²) in [6.45, 7) is 2.40. The number of ether oxygens (including phenoxy) is 1. The second-order valence-electron chi connectivity index (χ2n) is 3.17. The minimum Gasteiger partial charge on any atom is -0.508 e. The molecule has 0 unspecified atom stereocenters. The van der Waals surface area contributed by atoms with E-state index < -0.39 is 0 Å². The topological polar surface area (TPSA) is 42.4 Å². The lowest BCUT2D eigenvalue weighted by molar-refractivity contribution is 0.303. The van der Waals surface area contributed by atoms with E-state index in [-0.39, 0.29) is 5.75 Å². The van der Waals surface area contributed by atoms with Crippen LogP contribution in [0.15, 0.2) is 29.6 Å². The van der Waals surface area contributed by atoms with Gasteiger partial charge in [0.05, 0.1) is 0 Å². The zero-order valence-electron chi connectivity index (χ0n) is 8.30. The summed E-state index contributed by atoms with van der Waals surface area (Å²) in [6.07, 6.45) is 0. The molecule has 78 valence electrons. The zero-order valence-corrected chi connectivity index (χ0v) is 9.12. The third-order valence-electron chi connectivity index (χ3n) is 1.85. The van der Waals surface area contributed by atoms with Crippen LogP contribution in [0.1, 0.15) is 10.7 Å². The Labute approximate surface area is 92.0 Å². The zero-order chi connectivity index (χ0) is 10.7. The summed E-state index contributed by atoms with van der Waals surface area (Å²) in [7, 11) is 0. The van der Waals surface area contributed by atoms with Crippen LogP contribution in [0.5, 0.6) is 11.5 Å². The Morgan fingerprint density at radius 2 is 2.33 bits per heavy atom. The summed E-state index contributed by atoms with van der Waals surface area (Å²) in [6, 6.07) is 6.75. The van der Waals surface area contributed by atoms with Crippen LogP contribution in [-0.2, 0) is 6.61 Å². The van der Waals surface area contributed by atoms with E-state index in [0.717, 1.165) is 10.7 Å². The Balaban J connectivity index is 1.99. The van der Waals surface area contributed by atoms with Crippen LogP contribution >= 0.6 is 11.3 Å². The maximum absolute atomic E-state index is 9.22. The van der Waals surface area contributed by atoms with Crippen molar-refractivity contribution in [2.24, 2.45) is 0 Å². The molecule has 0 aliphatic carbocycles. The van der Waals surface area contributed by atoms with Crippen LogP contribution in [0.4, 0.5) is 0 Å². The first kappa shape index (κ1) is 9.98. The molecule has 0 saturated heterocycles. The van der Waals surface area contributed by atoms with Crippen molar-refractivity contribution in [2.75, 3.05) is 0 Å². The molecule has 0 saturated carbocycles. The monoisotopic (exact) mass is 221 g/mol. The second-order valence-corrected chi connectivity index (χ2v) is 4.11. The Bertz CT molecular complexity index is 453. The minimum atomic E-state index is 0.211. The Kier molecular flexibility index (Phi) is 2.87. The van der Waals surface area contributed by atoms with Gasteiger partial charge in [-0.2, -0.15) is 0 Å². The van der Waals surface area contributed by atoms with E-state index in [1.54, 1.807) is 35.6 Å². The molecule has 0 amide bonds. The molecule has 1 aromatic carbocycles. The number of aryl methyl sites for hydroxylation is 1. The Morgan fingerprint density at radius 1 is 1.47 bits per heavy atom. The fourth-order valence-electron chi connectivity index (χ4n) is 1.19. The highest BCUT2D eigenvalue weighted by Gasteiger charge is 2.00. The first-order valence-corrected chi connectivity index (χ1v) is 5.45. The standard InChI is InChI=1S/C11H11NO2S/c1-8-7-15-11(12-8)6-14-10-4-2-3-9(13)5-10/h2-5,7,13H,6H2,1H3. The molecule has 2 rings (SSSR count). The van der Waals surface area contributed by atoms with Crippen molar-refractivity contribution in [3.8, 4) is 11.5 Å². The largest absolute Gasteiger partial charge is 0.508 e. The van der Waals surface area contributed by atoms with Gasteiger partial charge in [0.15, 0.2) is 0 Å². The highest BCUT2D eigenvalue weighted by molar-refractivity contribution is 7.09. The number of rotatable bonds is 3. The van der Waals surface area contributed by atoms with Gasteiger partial charge in [0.1, 0.15) is 23.1 Å². The maximum Gasteiger partial charge on any atom is 0.140 e. The van der Waals surface area contributed by atoms with Crippen LogP contribution in [0.25, 0.3) is 0 Å². The molecular weight excluding hydrogens is 210 g/mol. The molecule has 0 spiro atoms. The van der Waals surface area contributed by atoms with Gasteiger partial charge in [0.25, 0.3) is 0 Å². The molecule has 15 heavy (non-hydrogen) atoms. The van der Waals surface area contributed by atoms with Crippen molar-refractivity contribution < 1.29 is 9.84 Å². The third kappa shape index (κ3) is 2.70. The fraction of sp³-hybridized carbons (Fsp3) is 0.182. The van der Waals surface area contributed by atoms with Gasteiger partial charge in [-0.15, -0.1) is 11.3 Å². The van der Waals surface area contributed by atoms with Crippen LogP contribution in [0.2, 0.25) is 0 Å². The molecule has 1 aromatic heterocycles. The first-order chi connectivity index (χ1) is 7.24. The van der Waals surface area contributed by atoms with Crippen molar-refractivity contribution in [3.63, 3.8) is 0 Å². The maximum atomic E-state index is 9.22. The molecule has 0 bridgehead atoms. The van der Waals surface area contributed by atoms with E-state index in [4.69, 9.17) is 4.74 Å². The van der Waals surface area contributed by atoms with E-state index >= 15 is 0 Å². The van der Waals surface area contributed by atoms with E-state index in [1.165, 1.54) is 0 Å². The average molecular weight is 221 g/mol. The lowest BCUT2D eigenvalue weighted by atomic mass is 10.3. The molecule has 2 aromatic rings. The van der Waals surface area contributed by atoms with E-state index in [1.807, 2.05) is 12.3 Å². The molecule has 0 fully saturated rings. The van der Waals surface area contributed by atoms with Crippen LogP contribution in [0.3, 0.4) is 0 Å². The number of hydrogen-bond acceptors (Lipinski definition) is 4. The van der Waals surface area contributed by atoms with Crippen molar-refractivity contribution in [3.05, 3.63) is 40.3 Å². The highest BCUT2D eigenvalue weighted by Crippen LogP contribution is 2.19. The van der Waals surface area contributed by atoms with Crippen molar-refractivity contribution >= 4 is 11.3 Å². The number of phenolic OH excluding ortho intramolecular Hbond substituents is 1. The number of aromatic hydroxyl groups is 1. The van der Waals surface area contributed by atoms with Crippen LogP contribution < -0.4 is 4.74 Å². The predicted molar refractivity (Wildman–Crippen MR) is 59.3 cm³/mol. The van der Waals surface area contributed by atoms with Crippen molar-refractivity contribution in [2.45, 2.75) is 13.5 Å². The van der Waals surface area contributed by atoms with Gasteiger partial charge in [-0.1, -0.05) is 6.07 Å². The number of benzene rings is 1. The molecule has 1 N–H and O–H groups in total.